The van der Waals surface area contributed by atoms with Gasteiger partial charge < -0.3 is 14.2 Å². The Morgan fingerprint density at radius 2 is 1.90 bits per heavy atom. The highest BCUT2D eigenvalue weighted by atomic mass is 16.5. The van der Waals surface area contributed by atoms with E-state index in [-0.39, 0.29) is 10.9 Å². The molecule has 0 unspecified atom stereocenters. The summed E-state index contributed by atoms with van der Waals surface area (Å²) in [6.45, 7) is 5.41. The van der Waals surface area contributed by atoms with Crippen LogP contribution in [0, 0.1) is 0 Å². The van der Waals surface area contributed by atoms with Crippen LogP contribution in [-0.2, 0) is 11.8 Å². The van der Waals surface area contributed by atoms with Gasteiger partial charge in [0.1, 0.15) is 21.4 Å². The molecule has 0 spiro atoms. The molecule has 1 aliphatic rings. The monoisotopic (exact) mass is 282 g/mol. The van der Waals surface area contributed by atoms with E-state index in [1.165, 1.54) is 16.5 Å². The van der Waals surface area contributed by atoms with Crippen LogP contribution in [-0.4, -0.2) is 51.4 Å². The lowest BCUT2D eigenvalue weighted by molar-refractivity contribution is 0.141. The lowest BCUT2D eigenvalue weighted by atomic mass is 9.51. The molecule has 0 atom stereocenters. The third-order valence-electron chi connectivity index (χ3n) is 5.77. The van der Waals surface area contributed by atoms with Gasteiger partial charge in [-0.25, -0.2) is 0 Å². The van der Waals surface area contributed by atoms with Gasteiger partial charge in [-0.05, 0) is 46.1 Å². The maximum atomic E-state index is 5.69. The van der Waals surface area contributed by atoms with Gasteiger partial charge in [-0.15, -0.1) is 0 Å². The fourth-order valence-corrected chi connectivity index (χ4v) is 3.24. The quantitative estimate of drug-likeness (QED) is 0.775. The smallest absolute Gasteiger partial charge is 0.126 e. The van der Waals surface area contributed by atoms with Crippen molar-refractivity contribution in [2.45, 2.75) is 31.1 Å². The Hall–Kier alpha value is -1.35. The van der Waals surface area contributed by atoms with Gasteiger partial charge >= 0.3 is 0 Å². The van der Waals surface area contributed by atoms with Crippen molar-refractivity contribution in [3.05, 3.63) is 30.0 Å². The molecule has 0 amide bonds. The van der Waals surface area contributed by atoms with Gasteiger partial charge in [-0.1, -0.05) is 0 Å². The zero-order valence-electron chi connectivity index (χ0n) is 14.0. The van der Waals surface area contributed by atoms with E-state index < -0.39 is 0 Å². The minimum atomic E-state index is -0.0219. The summed E-state index contributed by atoms with van der Waals surface area (Å²) in [5.74, 6) is 1.06. The number of likely N-dealkylation sites (N-methyl/N-ethyl adjacent to an activating group) is 1. The van der Waals surface area contributed by atoms with E-state index in [4.69, 9.17) is 4.74 Å². The Labute approximate surface area is 129 Å². The summed E-state index contributed by atoms with van der Waals surface area (Å²) in [6.07, 6.45) is 3.25. The average Bonchev–Trinajstić information content (AvgIpc) is 3.03. The van der Waals surface area contributed by atoms with Gasteiger partial charge in [0.05, 0.1) is 6.61 Å². The number of fused-ring (bicyclic) bond motifs is 3. The largest absolute Gasteiger partial charge is 0.493 e. The molecule has 2 aromatic rings. The van der Waals surface area contributed by atoms with Crippen LogP contribution in [0.25, 0.3) is 10.9 Å². The molecule has 5 heteroatoms. The zero-order valence-corrected chi connectivity index (χ0v) is 14.0. The maximum Gasteiger partial charge on any atom is 0.126 e. The Bertz CT molecular complexity index is 689. The molecule has 0 radical (unpaired) electrons. The van der Waals surface area contributed by atoms with E-state index in [0.29, 0.717) is 0 Å². The van der Waals surface area contributed by atoms with Gasteiger partial charge in [-0.3, -0.25) is 0 Å². The van der Waals surface area contributed by atoms with Crippen molar-refractivity contribution in [3.8, 4) is 5.75 Å². The molecule has 0 saturated carbocycles. The lowest BCUT2D eigenvalue weighted by Gasteiger charge is -2.48. The van der Waals surface area contributed by atoms with Crippen LogP contribution in [0.1, 0.15) is 19.4 Å². The number of hydrogen-bond acceptors (Lipinski definition) is 2. The lowest BCUT2D eigenvalue weighted by Crippen LogP contribution is -2.60. The van der Waals surface area contributed by atoms with Crippen LogP contribution >= 0.6 is 0 Å². The maximum absolute atomic E-state index is 5.69. The first-order valence-electron chi connectivity index (χ1n) is 7.70. The molecular weight excluding hydrogens is 258 g/mol. The Morgan fingerprint density at radius 1 is 1.19 bits per heavy atom. The predicted molar refractivity (Wildman–Crippen MR) is 94.0 cm³/mol. The van der Waals surface area contributed by atoms with Crippen molar-refractivity contribution in [2.24, 2.45) is 0 Å². The fraction of sp³-hybridized carbons (Fsp3) is 0.500. The van der Waals surface area contributed by atoms with Gasteiger partial charge in [0.25, 0.3) is 0 Å². The van der Waals surface area contributed by atoms with E-state index in [9.17, 15) is 0 Å². The van der Waals surface area contributed by atoms with Crippen LogP contribution < -0.4 is 4.74 Å². The van der Waals surface area contributed by atoms with Crippen LogP contribution in [0.15, 0.2) is 24.4 Å². The van der Waals surface area contributed by atoms with Crippen molar-refractivity contribution in [3.63, 3.8) is 0 Å². The number of ether oxygens (including phenoxy) is 1. The molecule has 0 bridgehead atoms. The van der Waals surface area contributed by atoms with Crippen molar-refractivity contribution in [1.29, 1.82) is 0 Å². The summed E-state index contributed by atoms with van der Waals surface area (Å²) in [6, 6.07) is 6.57. The van der Waals surface area contributed by atoms with Gasteiger partial charge in [0.2, 0.25) is 0 Å². The first-order valence-corrected chi connectivity index (χ1v) is 7.70. The van der Waals surface area contributed by atoms with E-state index in [1.54, 1.807) is 0 Å². The second-order valence-corrected chi connectivity index (χ2v) is 7.27. The summed E-state index contributed by atoms with van der Waals surface area (Å²) in [5.41, 5.74) is 2.71. The molecule has 1 aromatic heterocycles. The molecule has 0 N–H and O–H groups in total. The highest BCUT2D eigenvalue weighted by molar-refractivity contribution is 6.39. The summed E-state index contributed by atoms with van der Waals surface area (Å²) < 4.78 is 8.11. The van der Waals surface area contributed by atoms with Crippen molar-refractivity contribution < 1.29 is 4.74 Å². The summed E-state index contributed by atoms with van der Waals surface area (Å²) >= 11 is 0. The van der Waals surface area contributed by atoms with E-state index in [0.717, 1.165) is 18.8 Å². The second-order valence-electron chi connectivity index (χ2n) is 7.27. The van der Waals surface area contributed by atoms with Gasteiger partial charge in [0.15, 0.2) is 0 Å². The number of nitrogens with zero attached hydrogens (tertiary/aromatic N) is 2. The van der Waals surface area contributed by atoms with Crippen molar-refractivity contribution in [2.75, 3.05) is 20.7 Å². The Balaban J connectivity index is 2.18. The highest BCUT2D eigenvalue weighted by Gasteiger charge is 2.40. The molecule has 21 heavy (non-hydrogen) atoms. The van der Waals surface area contributed by atoms with E-state index in [1.807, 2.05) is 0 Å². The fourth-order valence-electron chi connectivity index (χ4n) is 3.24. The summed E-state index contributed by atoms with van der Waals surface area (Å²) in [4.78, 5) is 2.30. The second kappa shape index (κ2) is 4.57. The Morgan fingerprint density at radius 3 is 2.57 bits per heavy atom. The number of benzene rings is 1. The molecule has 0 aliphatic carbocycles. The molecule has 3 rings (SSSR count). The molecule has 1 aliphatic heterocycles. The molecule has 1 aromatic carbocycles. The summed E-state index contributed by atoms with van der Waals surface area (Å²) in [5, 5.41) is 1.32. The minimum absolute atomic E-state index is 0.0219. The van der Waals surface area contributed by atoms with Crippen molar-refractivity contribution >= 4 is 26.6 Å². The molecule has 0 fully saturated rings. The van der Waals surface area contributed by atoms with Crippen LogP contribution in [0.3, 0.4) is 0 Å². The molecular formula is C16H24B2N2O. The summed E-state index contributed by atoms with van der Waals surface area (Å²) in [7, 11) is 8.93. The van der Waals surface area contributed by atoms with E-state index in [2.05, 4.69) is 77.5 Å². The molecule has 110 valence electrons. The standard InChI is InChI=1S/C16H24B2N2O/c1-15(2,19(3)4)16(17,18)20-9-7-11-12-8-10-21-14(12)6-5-13(11)20/h5-7,9H,8,10,17-18H2,1-4H3. The minimum Gasteiger partial charge on any atom is -0.493 e. The average molecular weight is 282 g/mol. The van der Waals surface area contributed by atoms with Crippen LogP contribution in [0.2, 0.25) is 0 Å². The topological polar surface area (TPSA) is 17.4 Å². The van der Waals surface area contributed by atoms with E-state index >= 15 is 0 Å². The third-order valence-corrected chi connectivity index (χ3v) is 5.77. The first kappa shape index (κ1) is 14.6. The number of hydrogen-bond donors (Lipinski definition) is 0. The SMILES string of the molecule is BC(B)(n1ccc2c3c(ccc21)OCC3)C(C)(C)N(C)C. The highest BCUT2D eigenvalue weighted by Crippen LogP contribution is 2.37. The van der Waals surface area contributed by atoms with Crippen LogP contribution in [0.5, 0.6) is 5.75 Å². The number of aromatic nitrogens is 1. The molecule has 0 saturated heterocycles. The zero-order chi connectivity index (χ0) is 15.4. The van der Waals surface area contributed by atoms with Crippen molar-refractivity contribution in [1.82, 2.24) is 9.47 Å². The predicted octanol–water partition coefficient (Wildman–Crippen LogP) is 0.793. The number of rotatable bonds is 3. The van der Waals surface area contributed by atoms with Gasteiger partial charge in [0, 0.05) is 40.0 Å². The van der Waals surface area contributed by atoms with Gasteiger partial charge in [-0.2, -0.15) is 0 Å². The first-order chi connectivity index (χ1) is 9.76. The van der Waals surface area contributed by atoms with Crippen LogP contribution in [0.4, 0.5) is 0 Å². The Kier molecular flexibility index (Phi) is 3.17. The third kappa shape index (κ3) is 1.94. The molecule has 3 nitrogen and oxygen atoms in total. The normalized spacial score (nSPS) is 15.5. The molecule has 2 heterocycles.